The third-order valence-electron chi connectivity index (χ3n) is 6.57. The molecule has 1 aromatic rings. The molecule has 2 aliphatic heterocycles. The Balaban J connectivity index is 1.87. The zero-order valence-corrected chi connectivity index (χ0v) is 20.7. The van der Waals surface area contributed by atoms with Crippen LogP contribution in [0.25, 0.3) is 0 Å². The van der Waals surface area contributed by atoms with Gasteiger partial charge in [0.2, 0.25) is 12.7 Å². The molecule has 1 aromatic carbocycles. The number of carboxylic acid groups (broad SMARTS) is 1. The van der Waals surface area contributed by atoms with Crippen LogP contribution in [0.4, 0.5) is 0 Å². The average Bonchev–Trinajstić information content (AvgIpc) is 3.43. The SMILES string of the molecule is CCCC#CC1C(C(=O)[O-])C(c2ccc3c(c2)OCO3)CN1CC(=O)N(CCCC)CCCC. The van der Waals surface area contributed by atoms with Crippen LogP contribution < -0.4 is 14.6 Å². The number of fused-ring (bicyclic) bond motifs is 1. The maximum atomic E-state index is 13.3. The zero-order chi connectivity index (χ0) is 24.5. The molecule has 1 saturated heterocycles. The lowest BCUT2D eigenvalue weighted by molar-refractivity contribution is -0.312. The minimum Gasteiger partial charge on any atom is -0.550 e. The van der Waals surface area contributed by atoms with Crippen LogP contribution in [0, 0.1) is 17.8 Å². The molecule has 0 aliphatic carbocycles. The summed E-state index contributed by atoms with van der Waals surface area (Å²) in [6.07, 6.45) is 5.52. The van der Waals surface area contributed by atoms with Gasteiger partial charge in [-0.05, 0) is 37.0 Å². The predicted octanol–water partition coefficient (Wildman–Crippen LogP) is 2.78. The number of amides is 1. The van der Waals surface area contributed by atoms with Gasteiger partial charge < -0.3 is 24.3 Å². The first kappa shape index (κ1) is 25.9. The number of likely N-dealkylation sites (tertiary alicyclic amines) is 1. The highest BCUT2D eigenvalue weighted by molar-refractivity contribution is 5.79. The number of aliphatic carboxylic acids is 1. The fourth-order valence-corrected chi connectivity index (χ4v) is 4.66. The van der Waals surface area contributed by atoms with E-state index in [9.17, 15) is 14.7 Å². The lowest BCUT2D eigenvalue weighted by Crippen LogP contribution is -2.46. The molecular weight excluding hydrogens is 432 g/mol. The number of nitrogens with zero attached hydrogens (tertiary/aromatic N) is 2. The van der Waals surface area contributed by atoms with Crippen molar-refractivity contribution >= 4 is 11.9 Å². The van der Waals surface area contributed by atoms with Crippen LogP contribution in [0.5, 0.6) is 11.5 Å². The lowest BCUT2D eigenvalue weighted by atomic mass is 9.85. The maximum Gasteiger partial charge on any atom is 0.236 e. The number of carbonyl (C=O) groups is 2. The van der Waals surface area contributed by atoms with Gasteiger partial charge in [-0.2, -0.15) is 0 Å². The number of carbonyl (C=O) groups excluding carboxylic acids is 2. The van der Waals surface area contributed by atoms with Crippen molar-refractivity contribution in [3.05, 3.63) is 23.8 Å². The van der Waals surface area contributed by atoms with E-state index < -0.39 is 17.9 Å². The van der Waals surface area contributed by atoms with Crippen LogP contribution in [0.3, 0.4) is 0 Å². The van der Waals surface area contributed by atoms with E-state index in [-0.39, 0.29) is 25.2 Å². The number of carboxylic acids is 1. The fraction of sp³-hybridized carbons (Fsp3) is 0.630. The summed E-state index contributed by atoms with van der Waals surface area (Å²) in [4.78, 5) is 29.5. The minimum absolute atomic E-state index is 0.0348. The van der Waals surface area contributed by atoms with Crippen LogP contribution >= 0.6 is 0 Å². The zero-order valence-electron chi connectivity index (χ0n) is 20.7. The van der Waals surface area contributed by atoms with E-state index in [1.165, 1.54) is 0 Å². The van der Waals surface area contributed by atoms with Gasteiger partial charge in [-0.3, -0.25) is 9.69 Å². The summed E-state index contributed by atoms with van der Waals surface area (Å²) in [5, 5.41) is 12.4. The molecule has 2 heterocycles. The van der Waals surface area contributed by atoms with Crippen LogP contribution in [-0.4, -0.2) is 60.7 Å². The van der Waals surface area contributed by atoms with Crippen molar-refractivity contribution in [2.75, 3.05) is 33.0 Å². The molecule has 7 nitrogen and oxygen atoms in total. The summed E-state index contributed by atoms with van der Waals surface area (Å²) in [5.41, 5.74) is 0.838. The Kier molecular flexibility index (Phi) is 9.64. The molecule has 1 amide bonds. The molecule has 3 unspecified atom stereocenters. The van der Waals surface area contributed by atoms with Crippen molar-refractivity contribution in [3.8, 4) is 23.3 Å². The number of benzene rings is 1. The summed E-state index contributed by atoms with van der Waals surface area (Å²) in [6, 6.07) is 4.96. The Morgan fingerprint density at radius 2 is 1.79 bits per heavy atom. The Hall–Kier alpha value is -2.72. The molecule has 3 rings (SSSR count). The number of hydrogen-bond acceptors (Lipinski definition) is 6. The van der Waals surface area contributed by atoms with Gasteiger partial charge in [0.15, 0.2) is 11.5 Å². The second-order valence-corrected chi connectivity index (χ2v) is 9.10. The molecular formula is C27H37N2O5-. The van der Waals surface area contributed by atoms with Crippen molar-refractivity contribution in [3.63, 3.8) is 0 Å². The Labute approximate surface area is 203 Å². The van der Waals surface area contributed by atoms with Gasteiger partial charge >= 0.3 is 0 Å². The van der Waals surface area contributed by atoms with Crippen molar-refractivity contribution < 1.29 is 24.2 Å². The quantitative estimate of drug-likeness (QED) is 0.464. The molecule has 0 N–H and O–H groups in total. The maximum absolute atomic E-state index is 13.3. The van der Waals surface area contributed by atoms with Gasteiger partial charge in [0.05, 0.1) is 12.6 Å². The van der Waals surface area contributed by atoms with Crippen molar-refractivity contribution in [2.24, 2.45) is 5.92 Å². The van der Waals surface area contributed by atoms with E-state index in [0.29, 0.717) is 24.5 Å². The number of hydrogen-bond donors (Lipinski definition) is 0. The molecule has 0 radical (unpaired) electrons. The number of ether oxygens (including phenoxy) is 2. The van der Waals surface area contributed by atoms with E-state index in [1.807, 2.05) is 34.9 Å². The second kappa shape index (κ2) is 12.7. The number of unbranched alkanes of at least 4 members (excludes halogenated alkanes) is 3. The Bertz CT molecular complexity index is 898. The standard InChI is InChI=1S/C27H38N2O5/c1-4-7-10-11-22-26(27(31)32)21(20-12-13-23-24(16-20)34-19-33-23)17-29(22)18-25(30)28(14-8-5-2)15-9-6-3/h12-13,16,21-22,26H,4-9,14-15,17-19H2,1-3H3,(H,31,32)/p-1. The Morgan fingerprint density at radius 3 is 2.44 bits per heavy atom. The smallest absolute Gasteiger partial charge is 0.236 e. The third-order valence-corrected chi connectivity index (χ3v) is 6.57. The normalized spacial score (nSPS) is 21.2. The lowest BCUT2D eigenvalue weighted by Gasteiger charge is -2.28. The van der Waals surface area contributed by atoms with Crippen LogP contribution in [0.1, 0.15) is 70.8 Å². The minimum atomic E-state index is -1.14. The van der Waals surface area contributed by atoms with Crippen LogP contribution in [-0.2, 0) is 9.59 Å². The van der Waals surface area contributed by atoms with Gasteiger partial charge in [-0.15, -0.1) is 5.92 Å². The van der Waals surface area contributed by atoms with Crippen molar-refractivity contribution in [1.29, 1.82) is 0 Å². The fourth-order valence-electron chi connectivity index (χ4n) is 4.66. The first-order valence-corrected chi connectivity index (χ1v) is 12.6. The topological polar surface area (TPSA) is 82.1 Å². The van der Waals surface area contributed by atoms with Gasteiger partial charge in [-0.1, -0.05) is 45.6 Å². The Morgan fingerprint density at radius 1 is 1.09 bits per heavy atom. The predicted molar refractivity (Wildman–Crippen MR) is 128 cm³/mol. The van der Waals surface area contributed by atoms with Gasteiger partial charge in [0, 0.05) is 43.9 Å². The summed E-state index contributed by atoms with van der Waals surface area (Å²) >= 11 is 0. The molecule has 0 spiro atoms. The molecule has 0 bridgehead atoms. The van der Waals surface area contributed by atoms with Crippen molar-refractivity contribution in [1.82, 2.24) is 9.80 Å². The monoisotopic (exact) mass is 469 g/mol. The van der Waals surface area contributed by atoms with E-state index >= 15 is 0 Å². The molecule has 3 atom stereocenters. The van der Waals surface area contributed by atoms with Gasteiger partial charge in [0.25, 0.3) is 0 Å². The third kappa shape index (κ3) is 6.24. The van der Waals surface area contributed by atoms with Crippen molar-refractivity contribution in [2.45, 2.75) is 71.3 Å². The van der Waals surface area contributed by atoms with E-state index in [0.717, 1.165) is 50.8 Å². The first-order chi connectivity index (χ1) is 16.5. The van der Waals surface area contributed by atoms with E-state index in [1.54, 1.807) is 0 Å². The van der Waals surface area contributed by atoms with E-state index in [2.05, 4.69) is 25.7 Å². The molecule has 0 saturated carbocycles. The van der Waals surface area contributed by atoms with Gasteiger partial charge in [0.1, 0.15) is 0 Å². The van der Waals surface area contributed by atoms with Crippen LogP contribution in [0.15, 0.2) is 18.2 Å². The largest absolute Gasteiger partial charge is 0.550 e. The summed E-state index contributed by atoms with van der Waals surface area (Å²) in [7, 11) is 0. The highest BCUT2D eigenvalue weighted by atomic mass is 16.7. The highest BCUT2D eigenvalue weighted by Crippen LogP contribution is 2.41. The average molecular weight is 470 g/mol. The van der Waals surface area contributed by atoms with Gasteiger partial charge in [-0.25, -0.2) is 0 Å². The van der Waals surface area contributed by atoms with Crippen LogP contribution in [0.2, 0.25) is 0 Å². The first-order valence-electron chi connectivity index (χ1n) is 12.6. The molecule has 186 valence electrons. The summed E-state index contributed by atoms with van der Waals surface area (Å²) in [6.45, 7) is 8.45. The molecule has 2 aliphatic rings. The molecule has 1 fully saturated rings. The second-order valence-electron chi connectivity index (χ2n) is 9.10. The summed E-state index contributed by atoms with van der Waals surface area (Å²) in [5.74, 6) is 5.28. The summed E-state index contributed by atoms with van der Waals surface area (Å²) < 4.78 is 10.9. The molecule has 0 aromatic heterocycles. The van der Waals surface area contributed by atoms with E-state index in [4.69, 9.17) is 9.47 Å². The number of rotatable bonds is 11. The molecule has 7 heteroatoms. The molecule has 34 heavy (non-hydrogen) atoms. The highest BCUT2D eigenvalue weighted by Gasteiger charge is 2.43.